The van der Waals surface area contributed by atoms with Crippen molar-refractivity contribution in [2.24, 2.45) is 0 Å². The van der Waals surface area contributed by atoms with Crippen LogP contribution in [0.4, 0.5) is 0 Å². The average molecular weight is 285 g/mol. The van der Waals surface area contributed by atoms with E-state index in [1.54, 1.807) is 6.92 Å². The van der Waals surface area contributed by atoms with Gasteiger partial charge in [-0.15, -0.1) is 0 Å². The molecule has 0 spiro atoms. The number of carbonyl (C=O) groups excluding carboxylic acids is 1. The molecule has 1 unspecified atom stereocenters. The molecule has 1 atom stereocenters. The standard InChI is InChI=1S/C17H19NO3/c1-13(17(20)18-11-12-19)21-16-9-7-15(8-10-16)14-5-3-2-4-6-14/h2-10,13,19H,11-12H2,1H3,(H,18,20). The van der Waals surface area contributed by atoms with Gasteiger partial charge in [0.1, 0.15) is 5.75 Å². The van der Waals surface area contributed by atoms with Crippen LogP contribution in [0.2, 0.25) is 0 Å². The van der Waals surface area contributed by atoms with Crippen LogP contribution >= 0.6 is 0 Å². The van der Waals surface area contributed by atoms with E-state index in [0.717, 1.165) is 11.1 Å². The number of aliphatic hydroxyl groups is 1. The maximum Gasteiger partial charge on any atom is 0.260 e. The minimum atomic E-state index is -0.598. The van der Waals surface area contributed by atoms with Crippen molar-refractivity contribution in [1.82, 2.24) is 5.32 Å². The molecule has 0 aliphatic carbocycles. The molecule has 0 aliphatic rings. The molecule has 2 aromatic carbocycles. The van der Waals surface area contributed by atoms with Crippen molar-refractivity contribution in [3.63, 3.8) is 0 Å². The summed E-state index contributed by atoms with van der Waals surface area (Å²) in [4.78, 5) is 11.6. The molecular formula is C17H19NO3. The molecule has 2 N–H and O–H groups in total. The Morgan fingerprint density at radius 2 is 1.71 bits per heavy atom. The largest absolute Gasteiger partial charge is 0.481 e. The first-order valence-electron chi connectivity index (χ1n) is 6.91. The van der Waals surface area contributed by atoms with E-state index in [-0.39, 0.29) is 19.1 Å². The summed E-state index contributed by atoms with van der Waals surface area (Å²) in [6.45, 7) is 1.83. The number of rotatable bonds is 6. The first-order chi connectivity index (χ1) is 10.2. The fourth-order valence-electron chi connectivity index (χ4n) is 1.94. The Morgan fingerprint density at radius 1 is 1.10 bits per heavy atom. The molecule has 2 rings (SSSR count). The van der Waals surface area contributed by atoms with Crippen LogP contribution in [0.25, 0.3) is 11.1 Å². The zero-order chi connectivity index (χ0) is 15.1. The number of amides is 1. The van der Waals surface area contributed by atoms with Gasteiger partial charge in [-0.2, -0.15) is 0 Å². The maximum absolute atomic E-state index is 11.6. The molecule has 1 amide bonds. The van der Waals surface area contributed by atoms with Crippen LogP contribution < -0.4 is 10.1 Å². The van der Waals surface area contributed by atoms with Crippen LogP contribution in [0, 0.1) is 0 Å². The molecule has 4 nitrogen and oxygen atoms in total. The number of aliphatic hydroxyl groups excluding tert-OH is 1. The molecule has 0 aromatic heterocycles. The lowest BCUT2D eigenvalue weighted by molar-refractivity contribution is -0.127. The highest BCUT2D eigenvalue weighted by molar-refractivity contribution is 5.80. The van der Waals surface area contributed by atoms with Gasteiger partial charge in [-0.05, 0) is 30.2 Å². The molecule has 110 valence electrons. The van der Waals surface area contributed by atoms with Gasteiger partial charge in [0.2, 0.25) is 0 Å². The summed E-state index contributed by atoms with van der Waals surface area (Å²) in [5.74, 6) is 0.400. The zero-order valence-corrected chi connectivity index (χ0v) is 12.0. The van der Waals surface area contributed by atoms with Crippen molar-refractivity contribution in [2.75, 3.05) is 13.2 Å². The van der Waals surface area contributed by atoms with Crippen molar-refractivity contribution in [1.29, 1.82) is 0 Å². The Labute approximate surface area is 124 Å². The fourth-order valence-corrected chi connectivity index (χ4v) is 1.94. The molecule has 2 aromatic rings. The third-order valence-corrected chi connectivity index (χ3v) is 3.05. The van der Waals surface area contributed by atoms with E-state index in [1.165, 1.54) is 0 Å². The molecule has 0 saturated heterocycles. The third-order valence-electron chi connectivity index (χ3n) is 3.05. The van der Waals surface area contributed by atoms with E-state index in [0.29, 0.717) is 5.75 Å². The van der Waals surface area contributed by atoms with Crippen molar-refractivity contribution in [3.8, 4) is 16.9 Å². The molecule has 0 heterocycles. The molecule has 0 radical (unpaired) electrons. The van der Waals surface area contributed by atoms with E-state index in [2.05, 4.69) is 5.32 Å². The maximum atomic E-state index is 11.6. The normalized spacial score (nSPS) is 11.7. The van der Waals surface area contributed by atoms with Gasteiger partial charge in [0, 0.05) is 6.54 Å². The van der Waals surface area contributed by atoms with Gasteiger partial charge in [0.25, 0.3) is 5.91 Å². The average Bonchev–Trinajstić information content (AvgIpc) is 2.54. The van der Waals surface area contributed by atoms with Gasteiger partial charge in [0.05, 0.1) is 6.61 Å². The summed E-state index contributed by atoms with van der Waals surface area (Å²) >= 11 is 0. The van der Waals surface area contributed by atoms with Gasteiger partial charge in [-0.3, -0.25) is 4.79 Å². The number of hydrogen-bond donors (Lipinski definition) is 2. The second-order valence-corrected chi connectivity index (χ2v) is 4.67. The van der Waals surface area contributed by atoms with Crippen LogP contribution in [-0.2, 0) is 4.79 Å². The minimum absolute atomic E-state index is 0.0791. The number of ether oxygens (including phenoxy) is 1. The Hall–Kier alpha value is -2.33. The van der Waals surface area contributed by atoms with Crippen LogP contribution in [-0.4, -0.2) is 30.3 Å². The second-order valence-electron chi connectivity index (χ2n) is 4.67. The Bertz CT molecular complexity index is 566. The highest BCUT2D eigenvalue weighted by Crippen LogP contribution is 2.22. The first-order valence-corrected chi connectivity index (χ1v) is 6.91. The number of nitrogens with one attached hydrogen (secondary N) is 1. The smallest absolute Gasteiger partial charge is 0.260 e. The van der Waals surface area contributed by atoms with E-state index in [4.69, 9.17) is 9.84 Å². The van der Waals surface area contributed by atoms with Gasteiger partial charge in [-0.25, -0.2) is 0 Å². The molecular weight excluding hydrogens is 266 g/mol. The minimum Gasteiger partial charge on any atom is -0.481 e. The molecule has 0 fully saturated rings. The molecule has 21 heavy (non-hydrogen) atoms. The fraction of sp³-hybridized carbons (Fsp3) is 0.235. The van der Waals surface area contributed by atoms with E-state index < -0.39 is 6.10 Å². The molecule has 0 aliphatic heterocycles. The Morgan fingerprint density at radius 3 is 2.33 bits per heavy atom. The highest BCUT2D eigenvalue weighted by Gasteiger charge is 2.13. The lowest BCUT2D eigenvalue weighted by atomic mass is 10.1. The first kappa shape index (κ1) is 15.1. The van der Waals surface area contributed by atoms with Crippen LogP contribution in [0.1, 0.15) is 6.92 Å². The number of carbonyl (C=O) groups is 1. The summed E-state index contributed by atoms with van der Waals surface area (Å²) in [6, 6.07) is 17.7. The number of hydrogen-bond acceptors (Lipinski definition) is 3. The molecule has 4 heteroatoms. The van der Waals surface area contributed by atoms with Crippen LogP contribution in [0.3, 0.4) is 0 Å². The van der Waals surface area contributed by atoms with Crippen molar-refractivity contribution in [3.05, 3.63) is 54.6 Å². The lowest BCUT2D eigenvalue weighted by Gasteiger charge is -2.14. The van der Waals surface area contributed by atoms with E-state index >= 15 is 0 Å². The van der Waals surface area contributed by atoms with E-state index in [9.17, 15) is 4.79 Å². The van der Waals surface area contributed by atoms with Gasteiger partial charge < -0.3 is 15.2 Å². The van der Waals surface area contributed by atoms with Crippen molar-refractivity contribution >= 4 is 5.91 Å². The monoisotopic (exact) mass is 285 g/mol. The Balaban J connectivity index is 1.98. The Kier molecular flexibility index (Phi) is 5.35. The van der Waals surface area contributed by atoms with Gasteiger partial charge in [0.15, 0.2) is 6.10 Å². The lowest BCUT2D eigenvalue weighted by Crippen LogP contribution is -2.37. The number of benzene rings is 2. The van der Waals surface area contributed by atoms with Crippen molar-refractivity contribution < 1.29 is 14.6 Å². The topological polar surface area (TPSA) is 58.6 Å². The SMILES string of the molecule is CC(Oc1ccc(-c2ccccc2)cc1)C(=O)NCCO. The summed E-state index contributed by atoms with van der Waals surface area (Å²) in [6.07, 6.45) is -0.598. The summed E-state index contributed by atoms with van der Waals surface area (Å²) < 4.78 is 5.57. The van der Waals surface area contributed by atoms with Crippen LogP contribution in [0.15, 0.2) is 54.6 Å². The summed E-state index contributed by atoms with van der Waals surface area (Å²) in [7, 11) is 0. The van der Waals surface area contributed by atoms with E-state index in [1.807, 2.05) is 54.6 Å². The summed E-state index contributed by atoms with van der Waals surface area (Å²) in [5.41, 5.74) is 2.23. The third kappa shape index (κ3) is 4.33. The predicted molar refractivity (Wildman–Crippen MR) is 82.1 cm³/mol. The molecule has 0 saturated carbocycles. The summed E-state index contributed by atoms with van der Waals surface area (Å²) in [5, 5.41) is 11.2. The van der Waals surface area contributed by atoms with Gasteiger partial charge >= 0.3 is 0 Å². The zero-order valence-electron chi connectivity index (χ0n) is 12.0. The quantitative estimate of drug-likeness (QED) is 0.855. The van der Waals surface area contributed by atoms with Crippen LogP contribution in [0.5, 0.6) is 5.75 Å². The highest BCUT2D eigenvalue weighted by atomic mass is 16.5. The van der Waals surface area contributed by atoms with Crippen molar-refractivity contribution in [2.45, 2.75) is 13.0 Å². The molecule has 0 bridgehead atoms. The van der Waals surface area contributed by atoms with Gasteiger partial charge in [-0.1, -0.05) is 42.5 Å². The predicted octanol–water partition coefficient (Wildman–Crippen LogP) is 2.23. The second kappa shape index (κ2) is 7.45.